The highest BCUT2D eigenvalue weighted by atomic mass is 16.5. The largest absolute Gasteiger partial charge is 0.494 e. The summed E-state index contributed by atoms with van der Waals surface area (Å²) in [6.45, 7) is 4.57. The molecular formula is C17H19N3O2. The van der Waals surface area contributed by atoms with Crippen molar-refractivity contribution in [3.05, 3.63) is 42.5 Å². The zero-order valence-electron chi connectivity index (χ0n) is 12.7. The van der Waals surface area contributed by atoms with Gasteiger partial charge < -0.3 is 20.5 Å². The molecule has 1 atom stereocenters. The SMILES string of the molecule is CCOc1ccc(NC2=Nc3ccc(N)cc3OC2C)cc1. The zero-order chi connectivity index (χ0) is 15.5. The molecule has 1 aliphatic rings. The molecule has 0 spiro atoms. The monoisotopic (exact) mass is 297 g/mol. The van der Waals surface area contributed by atoms with Crippen LogP contribution in [0.2, 0.25) is 0 Å². The zero-order valence-corrected chi connectivity index (χ0v) is 12.7. The van der Waals surface area contributed by atoms with Gasteiger partial charge in [-0.15, -0.1) is 0 Å². The highest BCUT2D eigenvalue weighted by Gasteiger charge is 2.20. The predicted octanol–water partition coefficient (Wildman–Crippen LogP) is 3.59. The number of nitrogen functional groups attached to an aromatic ring is 1. The Kier molecular flexibility index (Phi) is 3.87. The van der Waals surface area contributed by atoms with Crippen LogP contribution in [0.25, 0.3) is 0 Å². The molecule has 3 rings (SSSR count). The third-order valence-corrected chi connectivity index (χ3v) is 3.35. The van der Waals surface area contributed by atoms with E-state index in [0.717, 1.165) is 23.0 Å². The number of rotatable bonds is 3. The molecule has 114 valence electrons. The van der Waals surface area contributed by atoms with E-state index in [0.29, 0.717) is 18.0 Å². The van der Waals surface area contributed by atoms with Crippen LogP contribution in [0, 0.1) is 0 Å². The van der Waals surface area contributed by atoms with Crippen molar-refractivity contribution in [1.82, 2.24) is 0 Å². The minimum Gasteiger partial charge on any atom is -0.494 e. The molecule has 0 aromatic heterocycles. The maximum Gasteiger partial charge on any atom is 0.153 e. The minimum atomic E-state index is -0.166. The topological polar surface area (TPSA) is 68.9 Å². The Hall–Kier alpha value is -2.69. The number of ether oxygens (including phenoxy) is 2. The van der Waals surface area contributed by atoms with E-state index in [9.17, 15) is 0 Å². The predicted molar refractivity (Wildman–Crippen MR) is 89.3 cm³/mol. The lowest BCUT2D eigenvalue weighted by Gasteiger charge is -2.24. The maximum atomic E-state index is 5.86. The van der Waals surface area contributed by atoms with Gasteiger partial charge in [0, 0.05) is 17.4 Å². The highest BCUT2D eigenvalue weighted by molar-refractivity contribution is 6.01. The van der Waals surface area contributed by atoms with Crippen molar-refractivity contribution in [1.29, 1.82) is 0 Å². The molecule has 2 aromatic rings. The number of fused-ring (bicyclic) bond motifs is 1. The molecule has 0 saturated carbocycles. The van der Waals surface area contributed by atoms with Crippen LogP contribution in [0.1, 0.15) is 13.8 Å². The fraction of sp³-hybridized carbons (Fsp3) is 0.235. The van der Waals surface area contributed by atoms with E-state index in [1.807, 2.05) is 50.2 Å². The van der Waals surface area contributed by atoms with Crippen LogP contribution >= 0.6 is 0 Å². The molecule has 2 aromatic carbocycles. The van der Waals surface area contributed by atoms with Gasteiger partial charge in [-0.2, -0.15) is 0 Å². The van der Waals surface area contributed by atoms with E-state index < -0.39 is 0 Å². The van der Waals surface area contributed by atoms with Crippen LogP contribution in [0.4, 0.5) is 17.1 Å². The van der Waals surface area contributed by atoms with Gasteiger partial charge in [0.2, 0.25) is 0 Å². The number of benzene rings is 2. The molecule has 0 bridgehead atoms. The van der Waals surface area contributed by atoms with Gasteiger partial charge in [-0.05, 0) is 50.2 Å². The molecule has 3 N–H and O–H groups in total. The summed E-state index contributed by atoms with van der Waals surface area (Å²) in [5.41, 5.74) is 8.16. The fourth-order valence-corrected chi connectivity index (χ4v) is 2.26. The number of nitrogens with two attached hydrogens (primary N) is 1. The summed E-state index contributed by atoms with van der Waals surface area (Å²) in [6, 6.07) is 13.2. The van der Waals surface area contributed by atoms with Gasteiger partial charge in [0.05, 0.1) is 6.61 Å². The second-order valence-corrected chi connectivity index (χ2v) is 5.07. The van der Waals surface area contributed by atoms with Gasteiger partial charge in [0.15, 0.2) is 6.10 Å². The van der Waals surface area contributed by atoms with Crippen molar-refractivity contribution in [2.45, 2.75) is 20.0 Å². The van der Waals surface area contributed by atoms with Gasteiger partial charge in [0.1, 0.15) is 23.0 Å². The number of amidine groups is 1. The number of aliphatic imine (C=N–C) groups is 1. The Morgan fingerprint density at radius 2 is 2.00 bits per heavy atom. The quantitative estimate of drug-likeness (QED) is 0.849. The molecular weight excluding hydrogens is 278 g/mol. The number of hydrogen-bond donors (Lipinski definition) is 2. The van der Waals surface area contributed by atoms with Crippen molar-refractivity contribution in [3.63, 3.8) is 0 Å². The van der Waals surface area contributed by atoms with Gasteiger partial charge in [-0.3, -0.25) is 0 Å². The van der Waals surface area contributed by atoms with Gasteiger partial charge in [0.25, 0.3) is 0 Å². The van der Waals surface area contributed by atoms with Crippen molar-refractivity contribution in [3.8, 4) is 11.5 Å². The molecule has 0 saturated heterocycles. The second-order valence-electron chi connectivity index (χ2n) is 5.07. The molecule has 1 heterocycles. The summed E-state index contributed by atoms with van der Waals surface area (Å²) in [7, 11) is 0. The van der Waals surface area contributed by atoms with Crippen LogP contribution in [-0.4, -0.2) is 18.5 Å². The van der Waals surface area contributed by atoms with Crippen LogP contribution in [0.3, 0.4) is 0 Å². The average molecular weight is 297 g/mol. The number of hydrogen-bond acceptors (Lipinski definition) is 5. The highest BCUT2D eigenvalue weighted by Crippen LogP contribution is 2.34. The lowest BCUT2D eigenvalue weighted by Crippen LogP contribution is -2.32. The first kappa shape index (κ1) is 14.3. The van der Waals surface area contributed by atoms with Crippen molar-refractivity contribution < 1.29 is 9.47 Å². The Bertz CT molecular complexity index is 696. The Balaban J connectivity index is 1.80. The van der Waals surface area contributed by atoms with E-state index in [1.54, 1.807) is 6.07 Å². The lowest BCUT2D eigenvalue weighted by molar-refractivity contribution is 0.283. The number of nitrogens with one attached hydrogen (secondary N) is 1. The molecule has 0 fully saturated rings. The first-order valence-corrected chi connectivity index (χ1v) is 7.30. The fourth-order valence-electron chi connectivity index (χ4n) is 2.26. The molecule has 0 radical (unpaired) electrons. The smallest absolute Gasteiger partial charge is 0.153 e. The molecule has 1 aliphatic heterocycles. The molecule has 1 unspecified atom stereocenters. The molecule has 5 heteroatoms. The Morgan fingerprint density at radius 3 is 2.73 bits per heavy atom. The normalized spacial score (nSPS) is 16.3. The van der Waals surface area contributed by atoms with Crippen molar-refractivity contribution in [2.75, 3.05) is 17.7 Å². The van der Waals surface area contributed by atoms with Gasteiger partial charge in [-0.25, -0.2) is 4.99 Å². The summed E-state index contributed by atoms with van der Waals surface area (Å²) in [6.07, 6.45) is -0.166. The summed E-state index contributed by atoms with van der Waals surface area (Å²) < 4.78 is 11.3. The van der Waals surface area contributed by atoms with E-state index in [-0.39, 0.29) is 6.10 Å². The van der Waals surface area contributed by atoms with Crippen LogP contribution in [-0.2, 0) is 0 Å². The third kappa shape index (κ3) is 2.98. The lowest BCUT2D eigenvalue weighted by atomic mass is 10.2. The minimum absolute atomic E-state index is 0.166. The van der Waals surface area contributed by atoms with Crippen molar-refractivity contribution in [2.24, 2.45) is 4.99 Å². The van der Waals surface area contributed by atoms with Crippen LogP contribution < -0.4 is 20.5 Å². The van der Waals surface area contributed by atoms with E-state index in [2.05, 4.69) is 10.3 Å². The Morgan fingerprint density at radius 1 is 1.23 bits per heavy atom. The number of nitrogens with zero attached hydrogens (tertiary/aromatic N) is 1. The molecule has 0 aliphatic carbocycles. The van der Waals surface area contributed by atoms with E-state index in [4.69, 9.17) is 15.2 Å². The summed E-state index contributed by atoms with van der Waals surface area (Å²) in [5.74, 6) is 2.33. The molecule has 0 amide bonds. The van der Waals surface area contributed by atoms with Gasteiger partial charge in [-0.1, -0.05) is 0 Å². The Labute approximate surface area is 129 Å². The molecule has 22 heavy (non-hydrogen) atoms. The van der Waals surface area contributed by atoms with Crippen LogP contribution in [0.5, 0.6) is 11.5 Å². The number of anilines is 2. The standard InChI is InChI=1S/C17H19N3O2/c1-3-21-14-7-5-13(6-8-14)19-17-11(2)22-16-10-12(18)4-9-15(16)20-17/h4-11H,3,18H2,1-2H3,(H,19,20). The average Bonchev–Trinajstić information content (AvgIpc) is 2.50. The summed E-state index contributed by atoms with van der Waals surface area (Å²) in [5, 5.41) is 3.29. The van der Waals surface area contributed by atoms with Gasteiger partial charge >= 0.3 is 0 Å². The first-order valence-electron chi connectivity index (χ1n) is 7.30. The maximum absolute atomic E-state index is 5.86. The third-order valence-electron chi connectivity index (χ3n) is 3.35. The van der Waals surface area contributed by atoms with Crippen molar-refractivity contribution >= 4 is 22.9 Å². The summed E-state index contributed by atoms with van der Waals surface area (Å²) in [4.78, 5) is 4.62. The molecule has 5 nitrogen and oxygen atoms in total. The van der Waals surface area contributed by atoms with E-state index >= 15 is 0 Å². The van der Waals surface area contributed by atoms with Crippen LogP contribution in [0.15, 0.2) is 47.5 Å². The van der Waals surface area contributed by atoms with E-state index in [1.165, 1.54) is 0 Å². The second kappa shape index (κ2) is 5.97. The summed E-state index contributed by atoms with van der Waals surface area (Å²) >= 11 is 0. The first-order chi connectivity index (χ1) is 10.7.